The molecule has 8 nitrogen and oxygen atoms in total. The van der Waals surface area contributed by atoms with Crippen molar-refractivity contribution in [1.29, 1.82) is 0 Å². The van der Waals surface area contributed by atoms with Crippen LogP contribution in [0, 0.1) is 0 Å². The van der Waals surface area contributed by atoms with Crippen molar-refractivity contribution in [3.63, 3.8) is 0 Å². The lowest BCUT2D eigenvalue weighted by Crippen LogP contribution is -2.35. The van der Waals surface area contributed by atoms with E-state index in [1.165, 1.54) is 12.5 Å². The van der Waals surface area contributed by atoms with Gasteiger partial charge in [-0.05, 0) is 6.42 Å². The summed E-state index contributed by atoms with van der Waals surface area (Å²) in [4.78, 5) is 38.1. The lowest BCUT2D eigenvalue weighted by atomic mass is 10.1. The number of carbonyl (C=O) groups is 3. The number of esters is 2. The number of aromatic nitrogens is 2. The van der Waals surface area contributed by atoms with Crippen molar-refractivity contribution in [2.24, 2.45) is 11.5 Å². The summed E-state index contributed by atoms with van der Waals surface area (Å²) in [5.41, 5.74) is 11.2. The zero-order chi connectivity index (χ0) is 17.2. The Kier molecular flexibility index (Phi) is 7.96. The van der Waals surface area contributed by atoms with Gasteiger partial charge in [0.2, 0.25) is 0 Å². The van der Waals surface area contributed by atoms with Crippen LogP contribution < -0.4 is 11.5 Å². The Morgan fingerprint density at radius 1 is 1.26 bits per heavy atom. The van der Waals surface area contributed by atoms with E-state index in [0.717, 1.165) is 30.3 Å². The normalized spacial score (nSPS) is 11.9. The monoisotopic (exact) mass is 324 g/mol. The summed E-state index contributed by atoms with van der Waals surface area (Å²) in [5, 5.41) is 0. The van der Waals surface area contributed by atoms with Gasteiger partial charge in [-0.15, -0.1) is 0 Å². The van der Waals surface area contributed by atoms with E-state index in [2.05, 4.69) is 11.9 Å². The molecule has 0 aliphatic rings. The first kappa shape index (κ1) is 18.8. The second-order valence-electron chi connectivity index (χ2n) is 5.38. The third-order valence-corrected chi connectivity index (χ3v) is 3.32. The molecule has 4 N–H and O–H groups in total. The molecule has 1 atom stereocenters. The molecule has 0 saturated heterocycles. The molecule has 0 saturated carbocycles. The van der Waals surface area contributed by atoms with Crippen LogP contribution in [-0.2, 0) is 20.7 Å². The van der Waals surface area contributed by atoms with Crippen LogP contribution >= 0.6 is 0 Å². The zero-order valence-corrected chi connectivity index (χ0v) is 13.4. The largest absolute Gasteiger partial charge is 0.392 e. The molecule has 0 spiro atoms. The summed E-state index contributed by atoms with van der Waals surface area (Å²) in [6.45, 7) is 2.11. The second-order valence-corrected chi connectivity index (χ2v) is 5.38. The molecule has 0 bridgehead atoms. The number of hydrogen-bond acceptors (Lipinski definition) is 6. The second kappa shape index (κ2) is 9.73. The van der Waals surface area contributed by atoms with Gasteiger partial charge >= 0.3 is 18.0 Å². The molecule has 1 amide bonds. The van der Waals surface area contributed by atoms with E-state index in [0.29, 0.717) is 12.1 Å². The highest BCUT2D eigenvalue weighted by Gasteiger charge is 2.20. The third-order valence-electron chi connectivity index (χ3n) is 3.32. The number of rotatable bonds is 9. The fourth-order valence-corrected chi connectivity index (χ4v) is 2.01. The molecular weight excluding hydrogens is 300 g/mol. The third kappa shape index (κ3) is 7.05. The molecule has 8 heteroatoms. The molecule has 0 radical (unpaired) electrons. The summed E-state index contributed by atoms with van der Waals surface area (Å²) in [6, 6.07) is -1.70. The van der Waals surface area contributed by atoms with Gasteiger partial charge in [-0.2, -0.15) is 0 Å². The van der Waals surface area contributed by atoms with E-state index in [1.54, 1.807) is 0 Å². The summed E-state index contributed by atoms with van der Waals surface area (Å²) in [6.07, 6.45) is 7.85. The van der Waals surface area contributed by atoms with Crippen molar-refractivity contribution in [2.75, 3.05) is 0 Å². The molecule has 0 aliphatic heterocycles. The van der Waals surface area contributed by atoms with Gasteiger partial charge in [-0.3, -0.25) is 9.36 Å². The van der Waals surface area contributed by atoms with Crippen molar-refractivity contribution in [3.8, 4) is 0 Å². The molecule has 128 valence electrons. The fourth-order valence-electron chi connectivity index (χ4n) is 2.01. The number of carbonyl (C=O) groups excluding carboxylic acids is 3. The smallest absolute Gasteiger partial charge is 0.330 e. The number of imidazole rings is 1. The van der Waals surface area contributed by atoms with Crippen LogP contribution in [0.2, 0.25) is 0 Å². The van der Waals surface area contributed by atoms with Crippen molar-refractivity contribution < 1.29 is 19.1 Å². The van der Waals surface area contributed by atoms with Gasteiger partial charge in [0.1, 0.15) is 12.4 Å². The van der Waals surface area contributed by atoms with E-state index in [4.69, 9.17) is 16.2 Å². The van der Waals surface area contributed by atoms with Gasteiger partial charge in [0.25, 0.3) is 0 Å². The number of amides is 1. The highest BCUT2D eigenvalue weighted by molar-refractivity contribution is 5.88. The minimum Gasteiger partial charge on any atom is -0.392 e. The zero-order valence-electron chi connectivity index (χ0n) is 13.4. The van der Waals surface area contributed by atoms with E-state index in [9.17, 15) is 14.4 Å². The van der Waals surface area contributed by atoms with E-state index in [-0.39, 0.29) is 12.8 Å². The van der Waals surface area contributed by atoms with Gasteiger partial charge in [0.15, 0.2) is 0 Å². The maximum absolute atomic E-state index is 11.7. The minimum atomic E-state index is -1.02. The summed E-state index contributed by atoms with van der Waals surface area (Å²) in [5.74, 6) is -1.36. The molecule has 1 aromatic heterocycles. The van der Waals surface area contributed by atoms with Gasteiger partial charge in [0.05, 0.1) is 5.69 Å². The minimum absolute atomic E-state index is 0.0584. The van der Waals surface area contributed by atoms with Gasteiger partial charge in [-0.1, -0.05) is 32.6 Å². The predicted molar refractivity (Wildman–Crippen MR) is 83.4 cm³/mol. The van der Waals surface area contributed by atoms with Crippen LogP contribution in [0.1, 0.15) is 51.1 Å². The van der Waals surface area contributed by atoms with Crippen molar-refractivity contribution >= 4 is 18.0 Å². The molecular formula is C15H24N4O4. The van der Waals surface area contributed by atoms with Crippen LogP contribution in [0.5, 0.6) is 0 Å². The van der Waals surface area contributed by atoms with Crippen LogP contribution in [-0.4, -0.2) is 33.6 Å². The number of primary amides is 1. The number of hydrogen-bond donors (Lipinski definition) is 2. The Labute approximate surface area is 135 Å². The average Bonchev–Trinajstić information content (AvgIpc) is 2.95. The molecule has 0 unspecified atom stereocenters. The first-order chi connectivity index (χ1) is 10.9. The van der Waals surface area contributed by atoms with Crippen molar-refractivity contribution in [2.45, 2.75) is 57.9 Å². The highest BCUT2D eigenvalue weighted by atomic mass is 16.6. The number of nitrogens with two attached hydrogens (primary N) is 2. The Hall–Kier alpha value is -2.22. The highest BCUT2D eigenvalue weighted by Crippen LogP contribution is 2.07. The maximum Gasteiger partial charge on any atom is 0.330 e. The Bertz CT molecular complexity index is 541. The van der Waals surface area contributed by atoms with Gasteiger partial charge in [-0.25, -0.2) is 14.6 Å². The predicted octanol–water partition coefficient (Wildman–Crippen LogP) is 1.11. The summed E-state index contributed by atoms with van der Waals surface area (Å²) < 4.78 is 5.79. The van der Waals surface area contributed by atoms with Crippen LogP contribution in [0.4, 0.5) is 4.79 Å². The SMILES string of the molecule is CCCCCCCC(=O)OC(=O)[C@@H](N)Cc1cn(C(N)=O)cn1. The molecule has 0 fully saturated rings. The van der Waals surface area contributed by atoms with Crippen molar-refractivity contribution in [3.05, 3.63) is 18.2 Å². The first-order valence-corrected chi connectivity index (χ1v) is 7.76. The Morgan fingerprint density at radius 2 is 1.96 bits per heavy atom. The van der Waals surface area contributed by atoms with Crippen LogP contribution in [0.15, 0.2) is 12.5 Å². The fraction of sp³-hybridized carbons (Fsp3) is 0.600. The molecule has 23 heavy (non-hydrogen) atoms. The lowest BCUT2D eigenvalue weighted by Gasteiger charge is -2.09. The van der Waals surface area contributed by atoms with Crippen molar-refractivity contribution in [1.82, 2.24) is 9.55 Å². The standard InChI is InChI=1S/C15H24N4O4/c1-2-3-4-5-6-7-13(20)23-14(21)12(16)8-11-9-19(10-18-11)15(17)22/h9-10,12H,2-8,16H2,1H3,(H2,17,22)/t12-/m0/s1. The Balaban J connectivity index is 2.32. The van der Waals surface area contributed by atoms with E-state index < -0.39 is 24.0 Å². The van der Waals surface area contributed by atoms with Gasteiger partial charge < -0.3 is 16.2 Å². The van der Waals surface area contributed by atoms with Crippen LogP contribution in [0.3, 0.4) is 0 Å². The van der Waals surface area contributed by atoms with Crippen LogP contribution in [0.25, 0.3) is 0 Å². The maximum atomic E-state index is 11.7. The van der Waals surface area contributed by atoms with E-state index >= 15 is 0 Å². The first-order valence-electron chi connectivity index (χ1n) is 7.76. The number of ether oxygens (including phenoxy) is 1. The molecule has 0 aliphatic carbocycles. The number of unbranched alkanes of at least 4 members (excludes halogenated alkanes) is 4. The van der Waals surface area contributed by atoms with E-state index in [1.807, 2.05) is 0 Å². The topological polar surface area (TPSA) is 130 Å². The quantitative estimate of drug-likeness (QED) is 0.397. The number of nitrogens with zero attached hydrogens (tertiary/aromatic N) is 2. The van der Waals surface area contributed by atoms with Gasteiger partial charge in [0, 0.05) is 19.0 Å². The lowest BCUT2D eigenvalue weighted by molar-refractivity contribution is -0.160. The molecule has 1 heterocycles. The average molecular weight is 324 g/mol. The molecule has 1 aromatic rings. The molecule has 0 aromatic carbocycles. The molecule has 1 rings (SSSR count). The summed E-state index contributed by atoms with van der Waals surface area (Å²) >= 11 is 0. The Morgan fingerprint density at radius 3 is 2.57 bits per heavy atom. The summed E-state index contributed by atoms with van der Waals surface area (Å²) in [7, 11) is 0.